The van der Waals surface area contributed by atoms with Gasteiger partial charge < -0.3 is 24.6 Å². The van der Waals surface area contributed by atoms with Crippen LogP contribution in [0.15, 0.2) is 54.6 Å². The monoisotopic (exact) mass is 453 g/mol. The van der Waals surface area contributed by atoms with Crippen molar-refractivity contribution in [2.75, 3.05) is 50.6 Å². The molecule has 1 fully saturated rings. The van der Waals surface area contributed by atoms with E-state index >= 15 is 0 Å². The second kappa shape index (κ2) is 9.74. The molecule has 2 heterocycles. The van der Waals surface area contributed by atoms with Crippen LogP contribution in [0.5, 0.6) is 11.5 Å². The molecule has 8 nitrogen and oxygen atoms in total. The Bertz CT molecular complexity index is 1070. The fraction of sp³-hybridized carbons (Fsp3) is 0.261. The molecule has 0 aliphatic carbocycles. The zero-order valence-corrected chi connectivity index (χ0v) is 18.7. The molecule has 0 spiro atoms. The minimum atomic E-state index is -0.189. The van der Waals surface area contributed by atoms with Gasteiger partial charge >= 0.3 is 6.03 Å². The molecule has 1 N–H and O–H groups in total. The smallest absolute Gasteiger partial charge is 0.322 e. The van der Waals surface area contributed by atoms with E-state index in [1.165, 1.54) is 0 Å². The summed E-state index contributed by atoms with van der Waals surface area (Å²) in [4.78, 5) is 16.6. The topological polar surface area (TPSA) is 79.8 Å². The predicted octanol–water partition coefficient (Wildman–Crippen LogP) is 4.17. The van der Waals surface area contributed by atoms with Crippen molar-refractivity contribution < 1.29 is 14.3 Å². The molecule has 1 aliphatic heterocycles. The summed E-state index contributed by atoms with van der Waals surface area (Å²) < 4.78 is 10.5. The van der Waals surface area contributed by atoms with Gasteiger partial charge in [0, 0.05) is 36.8 Å². The van der Waals surface area contributed by atoms with Crippen molar-refractivity contribution in [2.45, 2.75) is 0 Å². The second-order valence-corrected chi connectivity index (χ2v) is 7.69. The van der Waals surface area contributed by atoms with Crippen LogP contribution in [-0.4, -0.2) is 61.5 Å². The first kappa shape index (κ1) is 21.7. The highest BCUT2D eigenvalue weighted by atomic mass is 35.5. The quantitative estimate of drug-likeness (QED) is 0.624. The number of carbonyl (C=O) groups is 1. The molecular formula is C23H24ClN5O3. The number of piperazine rings is 1. The number of carbonyl (C=O) groups excluding carboxylic acids is 1. The molecule has 2 amide bonds. The van der Waals surface area contributed by atoms with Crippen molar-refractivity contribution >= 4 is 29.1 Å². The number of nitrogens with one attached hydrogen (secondary N) is 1. The van der Waals surface area contributed by atoms with Crippen molar-refractivity contribution in [3.05, 3.63) is 59.6 Å². The Kier molecular flexibility index (Phi) is 6.61. The lowest BCUT2D eigenvalue weighted by Crippen LogP contribution is -2.50. The maximum absolute atomic E-state index is 12.7. The summed E-state index contributed by atoms with van der Waals surface area (Å²) in [5.41, 5.74) is 2.32. The van der Waals surface area contributed by atoms with Crippen LogP contribution in [0.2, 0.25) is 5.02 Å². The van der Waals surface area contributed by atoms with Gasteiger partial charge in [0.05, 0.1) is 25.6 Å². The molecule has 32 heavy (non-hydrogen) atoms. The van der Waals surface area contributed by atoms with Gasteiger partial charge in [-0.1, -0.05) is 11.6 Å². The van der Waals surface area contributed by atoms with Gasteiger partial charge in [-0.15, -0.1) is 10.2 Å². The average Bonchev–Trinajstić information content (AvgIpc) is 2.84. The Labute approximate surface area is 191 Å². The third-order valence-corrected chi connectivity index (χ3v) is 5.57. The molecule has 1 aliphatic rings. The van der Waals surface area contributed by atoms with Crippen molar-refractivity contribution in [3.8, 4) is 22.8 Å². The zero-order valence-electron chi connectivity index (χ0n) is 17.9. The van der Waals surface area contributed by atoms with Gasteiger partial charge in [0.25, 0.3) is 0 Å². The molecule has 0 saturated carbocycles. The summed E-state index contributed by atoms with van der Waals surface area (Å²) in [6.07, 6.45) is 0. The van der Waals surface area contributed by atoms with Crippen molar-refractivity contribution in [1.29, 1.82) is 0 Å². The highest BCUT2D eigenvalue weighted by Crippen LogP contribution is 2.28. The SMILES string of the molecule is COc1ccc(-c2ccc(N3CCN(C(=O)Nc4cc(Cl)ccc4OC)CC3)nn2)cc1. The molecule has 1 aromatic heterocycles. The highest BCUT2D eigenvalue weighted by molar-refractivity contribution is 6.31. The Morgan fingerprint density at radius 3 is 2.31 bits per heavy atom. The van der Waals surface area contributed by atoms with E-state index in [2.05, 4.69) is 20.4 Å². The second-order valence-electron chi connectivity index (χ2n) is 7.25. The van der Waals surface area contributed by atoms with E-state index in [0.717, 1.165) is 22.8 Å². The summed E-state index contributed by atoms with van der Waals surface area (Å²) in [5.74, 6) is 2.15. The number of benzene rings is 2. The molecular weight excluding hydrogens is 430 g/mol. The molecule has 0 unspecified atom stereocenters. The zero-order chi connectivity index (χ0) is 22.5. The molecule has 0 atom stereocenters. The van der Waals surface area contributed by atoms with Gasteiger partial charge in [0.15, 0.2) is 5.82 Å². The van der Waals surface area contributed by atoms with Crippen LogP contribution < -0.4 is 19.7 Å². The van der Waals surface area contributed by atoms with E-state index in [4.69, 9.17) is 21.1 Å². The predicted molar refractivity (Wildman–Crippen MR) is 125 cm³/mol. The molecule has 1 saturated heterocycles. The fourth-order valence-corrected chi connectivity index (χ4v) is 3.69. The lowest BCUT2D eigenvalue weighted by molar-refractivity contribution is 0.208. The van der Waals surface area contributed by atoms with E-state index in [1.54, 1.807) is 37.3 Å². The number of halogens is 1. The first-order valence-electron chi connectivity index (χ1n) is 10.2. The number of hydrogen-bond donors (Lipinski definition) is 1. The van der Waals surface area contributed by atoms with Gasteiger partial charge in [0.1, 0.15) is 11.5 Å². The van der Waals surface area contributed by atoms with Crippen LogP contribution >= 0.6 is 11.6 Å². The number of methoxy groups -OCH3 is 2. The number of amides is 2. The third kappa shape index (κ3) is 4.86. The molecule has 3 aromatic rings. The van der Waals surface area contributed by atoms with Gasteiger partial charge in [-0.2, -0.15) is 0 Å². The number of nitrogens with zero attached hydrogens (tertiary/aromatic N) is 4. The summed E-state index contributed by atoms with van der Waals surface area (Å²) in [7, 11) is 3.19. The fourth-order valence-electron chi connectivity index (χ4n) is 3.52. The summed E-state index contributed by atoms with van der Waals surface area (Å²) in [6, 6.07) is 16.5. The first-order chi connectivity index (χ1) is 15.6. The van der Waals surface area contributed by atoms with Gasteiger partial charge in [-0.3, -0.25) is 0 Å². The van der Waals surface area contributed by atoms with Gasteiger partial charge in [-0.05, 0) is 54.6 Å². The van der Waals surface area contributed by atoms with Gasteiger partial charge in [0.2, 0.25) is 0 Å². The Hall–Kier alpha value is -3.52. The number of urea groups is 1. The van der Waals surface area contributed by atoms with Gasteiger partial charge in [-0.25, -0.2) is 4.79 Å². The Balaban J connectivity index is 1.35. The minimum absolute atomic E-state index is 0.189. The summed E-state index contributed by atoms with van der Waals surface area (Å²) in [5, 5.41) is 12.2. The van der Waals surface area contributed by atoms with E-state index in [0.29, 0.717) is 42.6 Å². The minimum Gasteiger partial charge on any atom is -0.497 e. The first-order valence-corrected chi connectivity index (χ1v) is 10.6. The van der Waals surface area contributed by atoms with Crippen LogP contribution in [0.3, 0.4) is 0 Å². The molecule has 166 valence electrons. The maximum Gasteiger partial charge on any atom is 0.322 e. The molecule has 9 heteroatoms. The number of aromatic nitrogens is 2. The third-order valence-electron chi connectivity index (χ3n) is 5.33. The average molecular weight is 454 g/mol. The van der Waals surface area contributed by atoms with E-state index in [1.807, 2.05) is 36.4 Å². The molecule has 4 rings (SSSR count). The highest BCUT2D eigenvalue weighted by Gasteiger charge is 2.23. The van der Waals surface area contributed by atoms with Crippen LogP contribution in [0.1, 0.15) is 0 Å². The van der Waals surface area contributed by atoms with Crippen LogP contribution in [0.25, 0.3) is 11.3 Å². The largest absolute Gasteiger partial charge is 0.497 e. The summed E-state index contributed by atoms with van der Waals surface area (Å²) in [6.45, 7) is 2.46. The number of ether oxygens (including phenoxy) is 2. The standard InChI is InChI=1S/C23H24ClN5O3/c1-31-18-6-3-16(4-7-18)19-8-10-22(27-26-19)28-11-13-29(14-12-28)23(30)25-20-15-17(24)5-9-21(20)32-2/h3-10,15H,11-14H2,1-2H3,(H,25,30). The lowest BCUT2D eigenvalue weighted by atomic mass is 10.1. The lowest BCUT2D eigenvalue weighted by Gasteiger charge is -2.35. The molecule has 2 aromatic carbocycles. The Morgan fingerprint density at radius 1 is 0.938 bits per heavy atom. The van der Waals surface area contributed by atoms with Crippen LogP contribution in [-0.2, 0) is 0 Å². The van der Waals surface area contributed by atoms with Crippen molar-refractivity contribution in [2.24, 2.45) is 0 Å². The van der Waals surface area contributed by atoms with E-state index in [-0.39, 0.29) is 6.03 Å². The van der Waals surface area contributed by atoms with Crippen molar-refractivity contribution in [1.82, 2.24) is 15.1 Å². The maximum atomic E-state index is 12.7. The number of anilines is 2. The van der Waals surface area contributed by atoms with Crippen molar-refractivity contribution in [3.63, 3.8) is 0 Å². The summed E-state index contributed by atoms with van der Waals surface area (Å²) >= 11 is 6.05. The van der Waals surface area contributed by atoms with Crippen LogP contribution in [0.4, 0.5) is 16.3 Å². The molecule has 0 radical (unpaired) electrons. The van der Waals surface area contributed by atoms with E-state index < -0.39 is 0 Å². The number of rotatable bonds is 5. The van der Waals surface area contributed by atoms with E-state index in [9.17, 15) is 4.79 Å². The van der Waals surface area contributed by atoms with Crippen LogP contribution in [0, 0.1) is 0 Å². The number of hydrogen-bond acceptors (Lipinski definition) is 6. The normalized spacial score (nSPS) is 13.6. The Morgan fingerprint density at radius 2 is 1.69 bits per heavy atom. The molecule has 0 bridgehead atoms.